The molecule has 9 nitrogen and oxygen atoms in total. The number of fused-ring (bicyclic) bond motifs is 1. The minimum absolute atomic E-state index is 0.0711. The summed E-state index contributed by atoms with van der Waals surface area (Å²) in [6, 6.07) is 7.00. The number of nitrogens with zero attached hydrogens (tertiary/aromatic N) is 5. The van der Waals surface area contributed by atoms with E-state index in [0.29, 0.717) is 23.7 Å². The van der Waals surface area contributed by atoms with Crippen LogP contribution in [0.15, 0.2) is 30.5 Å². The van der Waals surface area contributed by atoms with E-state index in [1.807, 2.05) is 11.9 Å². The van der Waals surface area contributed by atoms with Crippen molar-refractivity contribution in [3.05, 3.63) is 36.0 Å². The van der Waals surface area contributed by atoms with Gasteiger partial charge in [-0.2, -0.15) is 4.98 Å². The van der Waals surface area contributed by atoms with Crippen LogP contribution in [0.1, 0.15) is 43.0 Å². The number of carbonyl (C=O) groups excluding carboxylic acids is 2. The van der Waals surface area contributed by atoms with E-state index in [2.05, 4.69) is 10.3 Å². The van der Waals surface area contributed by atoms with Gasteiger partial charge < -0.3 is 11.1 Å². The highest BCUT2D eigenvalue weighted by Crippen LogP contribution is 2.38. The third kappa shape index (κ3) is 3.43. The number of hydrazine groups is 1. The van der Waals surface area contributed by atoms with Crippen LogP contribution in [0, 0.1) is 0 Å². The van der Waals surface area contributed by atoms with Crippen molar-refractivity contribution < 1.29 is 9.59 Å². The Morgan fingerprint density at radius 3 is 2.55 bits per heavy atom. The molecule has 2 heterocycles. The van der Waals surface area contributed by atoms with E-state index in [1.54, 1.807) is 47.4 Å². The van der Waals surface area contributed by atoms with Crippen molar-refractivity contribution in [3.63, 3.8) is 0 Å². The van der Waals surface area contributed by atoms with Gasteiger partial charge in [0.2, 0.25) is 11.9 Å². The largest absolute Gasteiger partial charge is 0.366 e. The molecule has 0 unspecified atom stereocenters. The molecule has 3 amide bonds. The average molecular weight is 395 g/mol. The van der Waals surface area contributed by atoms with Crippen LogP contribution < -0.4 is 21.0 Å². The predicted molar refractivity (Wildman–Crippen MR) is 111 cm³/mol. The van der Waals surface area contributed by atoms with Gasteiger partial charge in [-0.3, -0.25) is 14.7 Å². The van der Waals surface area contributed by atoms with Crippen LogP contribution in [0.3, 0.4) is 0 Å². The van der Waals surface area contributed by atoms with Gasteiger partial charge in [-0.25, -0.2) is 14.8 Å². The second-order valence-electron chi connectivity index (χ2n) is 7.31. The summed E-state index contributed by atoms with van der Waals surface area (Å²) < 4.78 is 0. The van der Waals surface area contributed by atoms with Crippen LogP contribution in [0.5, 0.6) is 0 Å². The van der Waals surface area contributed by atoms with Crippen LogP contribution in [0.25, 0.3) is 0 Å². The van der Waals surface area contributed by atoms with Crippen molar-refractivity contribution in [2.24, 2.45) is 5.73 Å². The van der Waals surface area contributed by atoms with Crippen molar-refractivity contribution in [2.75, 3.05) is 28.8 Å². The highest BCUT2D eigenvalue weighted by Gasteiger charge is 2.39. The summed E-state index contributed by atoms with van der Waals surface area (Å²) >= 11 is 0. The number of carbonyl (C=O) groups is 2. The molecule has 9 heteroatoms. The standard InChI is InChI=1S/C20H25N7O2/c1-3-26-20(29)25(2)16-12-22-19(23-14-10-8-13(9-11-14)17(21)28)24-18(16)27(26)15-6-4-5-7-15/h8-12,15H,3-7H2,1-2H3,(H2,21,28)(H,22,23,24). The number of aromatic nitrogens is 2. The summed E-state index contributed by atoms with van der Waals surface area (Å²) in [6.07, 6.45) is 6.05. The number of nitrogens with one attached hydrogen (secondary N) is 1. The Bertz CT molecular complexity index is 925. The number of hydrogen-bond acceptors (Lipinski definition) is 6. The lowest BCUT2D eigenvalue weighted by Crippen LogP contribution is -2.59. The first-order valence-corrected chi connectivity index (χ1v) is 9.88. The lowest BCUT2D eigenvalue weighted by molar-refractivity contribution is 0.100. The second-order valence-corrected chi connectivity index (χ2v) is 7.31. The van der Waals surface area contributed by atoms with Crippen LogP contribution in [0.4, 0.5) is 27.9 Å². The first kappa shape index (κ1) is 19.0. The minimum atomic E-state index is -0.471. The first-order chi connectivity index (χ1) is 14.0. The van der Waals surface area contributed by atoms with Crippen molar-refractivity contribution in [1.29, 1.82) is 0 Å². The van der Waals surface area contributed by atoms with E-state index in [9.17, 15) is 9.59 Å². The Balaban J connectivity index is 1.68. The number of anilines is 4. The Hall–Kier alpha value is -3.36. The monoisotopic (exact) mass is 395 g/mol. The molecule has 2 aromatic rings. The molecular formula is C20H25N7O2. The summed E-state index contributed by atoms with van der Waals surface area (Å²) in [7, 11) is 1.74. The molecule has 152 valence electrons. The number of amides is 3. The van der Waals surface area contributed by atoms with Gasteiger partial charge in [0.05, 0.1) is 12.2 Å². The zero-order valence-corrected chi connectivity index (χ0v) is 16.6. The van der Waals surface area contributed by atoms with Crippen LogP contribution in [0.2, 0.25) is 0 Å². The minimum Gasteiger partial charge on any atom is -0.366 e. The summed E-state index contributed by atoms with van der Waals surface area (Å²) in [5.41, 5.74) is 7.17. The third-order valence-electron chi connectivity index (χ3n) is 5.49. The highest BCUT2D eigenvalue weighted by atomic mass is 16.2. The van der Waals surface area contributed by atoms with Crippen molar-refractivity contribution in [1.82, 2.24) is 15.0 Å². The molecule has 0 radical (unpaired) electrons. The molecule has 0 saturated heterocycles. The summed E-state index contributed by atoms with van der Waals surface area (Å²) in [5.74, 6) is 0.686. The lowest BCUT2D eigenvalue weighted by atomic mass is 10.2. The van der Waals surface area contributed by atoms with Gasteiger partial charge in [0.15, 0.2) is 5.82 Å². The molecule has 1 fully saturated rings. The number of benzene rings is 1. The fourth-order valence-electron chi connectivity index (χ4n) is 3.97. The Morgan fingerprint density at radius 1 is 1.24 bits per heavy atom. The molecule has 1 aliphatic carbocycles. The maximum Gasteiger partial charge on any atom is 0.343 e. The smallest absolute Gasteiger partial charge is 0.343 e. The Morgan fingerprint density at radius 2 is 1.93 bits per heavy atom. The molecule has 4 rings (SSSR count). The molecule has 0 bridgehead atoms. The molecule has 2 aliphatic rings. The second kappa shape index (κ2) is 7.57. The third-order valence-corrected chi connectivity index (χ3v) is 5.49. The van der Waals surface area contributed by atoms with Crippen LogP contribution >= 0.6 is 0 Å². The summed E-state index contributed by atoms with van der Waals surface area (Å²) in [5, 5.41) is 6.98. The highest BCUT2D eigenvalue weighted by molar-refractivity contribution is 5.98. The van der Waals surface area contributed by atoms with Crippen molar-refractivity contribution in [2.45, 2.75) is 38.6 Å². The van der Waals surface area contributed by atoms with E-state index in [4.69, 9.17) is 10.7 Å². The van der Waals surface area contributed by atoms with Gasteiger partial charge in [0, 0.05) is 24.8 Å². The van der Waals surface area contributed by atoms with Gasteiger partial charge >= 0.3 is 6.03 Å². The van der Waals surface area contributed by atoms with Crippen molar-refractivity contribution >= 4 is 35.1 Å². The number of rotatable bonds is 5. The molecule has 0 spiro atoms. The Kier molecular flexibility index (Phi) is 4.96. The lowest BCUT2D eigenvalue weighted by Gasteiger charge is -2.45. The molecule has 29 heavy (non-hydrogen) atoms. The normalized spacial score (nSPS) is 16.9. The SMILES string of the molecule is CCN1C(=O)N(C)c2cnc(Nc3ccc(C(N)=O)cc3)nc2N1C1CCCC1. The number of nitrogens with two attached hydrogens (primary N) is 1. The fourth-order valence-corrected chi connectivity index (χ4v) is 3.97. The number of primary amides is 1. The Labute approximate surface area is 169 Å². The number of hydrogen-bond donors (Lipinski definition) is 2. The van der Waals surface area contributed by atoms with Gasteiger partial charge in [-0.15, -0.1) is 0 Å². The molecule has 1 saturated carbocycles. The van der Waals surface area contributed by atoms with Gasteiger partial charge in [-0.1, -0.05) is 12.8 Å². The van der Waals surface area contributed by atoms with Crippen LogP contribution in [-0.4, -0.2) is 46.5 Å². The van der Waals surface area contributed by atoms with E-state index in [-0.39, 0.29) is 12.1 Å². The van der Waals surface area contributed by atoms with Crippen LogP contribution in [-0.2, 0) is 0 Å². The molecule has 3 N–H and O–H groups in total. The van der Waals surface area contributed by atoms with E-state index in [1.165, 1.54) is 0 Å². The zero-order chi connectivity index (χ0) is 20.5. The maximum absolute atomic E-state index is 12.9. The van der Waals surface area contributed by atoms with E-state index < -0.39 is 5.91 Å². The summed E-state index contributed by atoms with van der Waals surface area (Å²) in [6.45, 7) is 2.54. The summed E-state index contributed by atoms with van der Waals surface area (Å²) in [4.78, 5) is 34.8. The number of urea groups is 1. The van der Waals surface area contributed by atoms with Gasteiger partial charge in [0.1, 0.15) is 5.69 Å². The van der Waals surface area contributed by atoms with E-state index >= 15 is 0 Å². The quantitative estimate of drug-likeness (QED) is 0.806. The topological polar surface area (TPSA) is 108 Å². The maximum atomic E-state index is 12.9. The van der Waals surface area contributed by atoms with Crippen molar-refractivity contribution in [3.8, 4) is 0 Å². The molecule has 1 aromatic heterocycles. The average Bonchev–Trinajstić information content (AvgIpc) is 3.25. The predicted octanol–water partition coefficient (Wildman–Crippen LogP) is 2.87. The fraction of sp³-hybridized carbons (Fsp3) is 0.400. The zero-order valence-electron chi connectivity index (χ0n) is 16.6. The first-order valence-electron chi connectivity index (χ1n) is 9.88. The van der Waals surface area contributed by atoms with E-state index in [0.717, 1.165) is 37.2 Å². The van der Waals surface area contributed by atoms with Gasteiger partial charge in [0.25, 0.3) is 0 Å². The molecule has 1 aliphatic heterocycles. The van der Waals surface area contributed by atoms with Gasteiger partial charge in [-0.05, 0) is 44.0 Å². The molecule has 0 atom stereocenters. The molecular weight excluding hydrogens is 370 g/mol. The molecule has 1 aromatic carbocycles.